The van der Waals surface area contributed by atoms with E-state index in [1.165, 1.54) is 4.90 Å². The van der Waals surface area contributed by atoms with E-state index in [0.29, 0.717) is 45.7 Å². The second-order valence-corrected chi connectivity index (χ2v) is 5.78. The Kier molecular flexibility index (Phi) is 4.63. The number of hydrogen-bond acceptors (Lipinski definition) is 4. The van der Waals surface area contributed by atoms with Crippen molar-refractivity contribution in [2.24, 2.45) is 0 Å². The van der Waals surface area contributed by atoms with Gasteiger partial charge in [0, 0.05) is 38.2 Å². The predicted octanol–water partition coefficient (Wildman–Crippen LogP) is 1.40. The third kappa shape index (κ3) is 3.23. The van der Waals surface area contributed by atoms with Crippen LogP contribution in [0.15, 0.2) is 30.3 Å². The van der Waals surface area contributed by atoms with Crippen molar-refractivity contribution in [3.05, 3.63) is 30.3 Å². The molecule has 2 aliphatic heterocycles. The van der Waals surface area contributed by atoms with Crippen LogP contribution in [0.5, 0.6) is 0 Å². The molecule has 2 saturated heterocycles. The molecule has 1 aromatic rings. The molecule has 1 spiro atoms. The molecule has 0 saturated carbocycles. The van der Waals surface area contributed by atoms with Crippen LogP contribution in [0.1, 0.15) is 19.8 Å². The topological polar surface area (TPSA) is 59.1 Å². The van der Waals surface area contributed by atoms with Crippen molar-refractivity contribution in [2.75, 3.05) is 37.7 Å². The molecule has 0 atom stereocenters. The molecule has 124 valence electrons. The second-order valence-electron chi connectivity index (χ2n) is 5.78. The zero-order valence-corrected chi connectivity index (χ0v) is 13.4. The van der Waals surface area contributed by atoms with Crippen LogP contribution in [0.2, 0.25) is 0 Å². The number of benzene rings is 1. The van der Waals surface area contributed by atoms with Gasteiger partial charge in [-0.2, -0.15) is 0 Å². The number of amides is 2. The first kappa shape index (κ1) is 16.0. The van der Waals surface area contributed by atoms with Crippen molar-refractivity contribution in [1.29, 1.82) is 0 Å². The van der Waals surface area contributed by atoms with Crippen LogP contribution in [-0.4, -0.2) is 55.3 Å². The first-order valence-electron chi connectivity index (χ1n) is 8.09. The molecule has 0 radical (unpaired) electrons. The van der Waals surface area contributed by atoms with Crippen molar-refractivity contribution in [2.45, 2.75) is 25.6 Å². The highest BCUT2D eigenvalue weighted by Crippen LogP contribution is 2.31. The molecule has 1 aromatic carbocycles. The summed E-state index contributed by atoms with van der Waals surface area (Å²) in [5, 5.41) is 0. The van der Waals surface area contributed by atoms with Gasteiger partial charge in [0.15, 0.2) is 5.79 Å². The van der Waals surface area contributed by atoms with Crippen LogP contribution in [-0.2, 0) is 19.1 Å². The van der Waals surface area contributed by atoms with Crippen molar-refractivity contribution >= 4 is 17.5 Å². The Balaban J connectivity index is 1.64. The molecule has 0 unspecified atom stereocenters. The monoisotopic (exact) mass is 318 g/mol. The smallest absolute Gasteiger partial charge is 0.316 e. The van der Waals surface area contributed by atoms with E-state index in [1.807, 2.05) is 37.3 Å². The highest BCUT2D eigenvalue weighted by molar-refractivity contribution is 6.40. The summed E-state index contributed by atoms with van der Waals surface area (Å²) in [6.07, 6.45) is 1.23. The van der Waals surface area contributed by atoms with Gasteiger partial charge in [-0.25, -0.2) is 0 Å². The normalized spacial score (nSPS) is 19.8. The van der Waals surface area contributed by atoms with E-state index in [2.05, 4.69) is 0 Å². The number of carbonyl (C=O) groups excluding carboxylic acids is 2. The van der Waals surface area contributed by atoms with Crippen LogP contribution in [0.3, 0.4) is 0 Å². The van der Waals surface area contributed by atoms with E-state index in [1.54, 1.807) is 4.90 Å². The number of hydrogen-bond donors (Lipinski definition) is 0. The van der Waals surface area contributed by atoms with Crippen LogP contribution in [0.4, 0.5) is 5.69 Å². The lowest BCUT2D eigenvalue weighted by atomic mass is 10.0. The average molecular weight is 318 g/mol. The van der Waals surface area contributed by atoms with E-state index >= 15 is 0 Å². The Hall–Kier alpha value is -1.92. The summed E-state index contributed by atoms with van der Waals surface area (Å²) in [4.78, 5) is 28.2. The van der Waals surface area contributed by atoms with Crippen molar-refractivity contribution < 1.29 is 19.1 Å². The van der Waals surface area contributed by atoms with E-state index in [4.69, 9.17) is 9.47 Å². The van der Waals surface area contributed by atoms with Gasteiger partial charge in [0.05, 0.1) is 13.2 Å². The van der Waals surface area contributed by atoms with Gasteiger partial charge in [0.1, 0.15) is 0 Å². The SMILES string of the molecule is CCN(C(=O)C(=O)N1CCC2(CC1)OCCO2)c1ccccc1. The Morgan fingerprint density at radius 2 is 1.74 bits per heavy atom. The number of nitrogens with zero attached hydrogens (tertiary/aromatic N) is 2. The number of likely N-dealkylation sites (tertiary alicyclic amines) is 1. The minimum Gasteiger partial charge on any atom is -0.347 e. The number of piperidine rings is 1. The lowest BCUT2D eigenvalue weighted by Crippen LogP contribution is -2.52. The maximum atomic E-state index is 12.6. The summed E-state index contributed by atoms with van der Waals surface area (Å²) < 4.78 is 11.3. The molecule has 2 fully saturated rings. The minimum atomic E-state index is -0.538. The quantitative estimate of drug-likeness (QED) is 0.774. The molecule has 2 amide bonds. The molecule has 2 aliphatic rings. The van der Waals surface area contributed by atoms with Crippen molar-refractivity contribution in [3.8, 4) is 0 Å². The predicted molar refractivity (Wildman–Crippen MR) is 84.9 cm³/mol. The zero-order valence-electron chi connectivity index (χ0n) is 13.4. The van der Waals surface area contributed by atoms with Crippen molar-refractivity contribution in [1.82, 2.24) is 4.90 Å². The van der Waals surface area contributed by atoms with E-state index in [9.17, 15) is 9.59 Å². The highest BCUT2D eigenvalue weighted by atomic mass is 16.7. The third-order valence-electron chi connectivity index (χ3n) is 4.44. The van der Waals surface area contributed by atoms with Gasteiger partial charge in [-0.3, -0.25) is 9.59 Å². The second kappa shape index (κ2) is 6.68. The first-order chi connectivity index (χ1) is 11.2. The van der Waals surface area contributed by atoms with Crippen LogP contribution in [0, 0.1) is 0 Å². The number of carbonyl (C=O) groups is 2. The van der Waals surface area contributed by atoms with Gasteiger partial charge >= 0.3 is 11.8 Å². The maximum absolute atomic E-state index is 12.6. The maximum Gasteiger partial charge on any atom is 0.316 e. The Bertz CT molecular complexity index is 559. The van der Waals surface area contributed by atoms with Crippen LogP contribution in [0.25, 0.3) is 0 Å². The highest BCUT2D eigenvalue weighted by Gasteiger charge is 2.42. The summed E-state index contributed by atoms with van der Waals surface area (Å²) in [7, 11) is 0. The molecule has 6 nitrogen and oxygen atoms in total. The Morgan fingerprint density at radius 3 is 2.30 bits per heavy atom. The van der Waals surface area contributed by atoms with Crippen LogP contribution < -0.4 is 4.90 Å². The lowest BCUT2D eigenvalue weighted by molar-refractivity contribution is -0.187. The van der Waals surface area contributed by atoms with Gasteiger partial charge in [0.25, 0.3) is 0 Å². The molecule has 0 N–H and O–H groups in total. The van der Waals surface area contributed by atoms with E-state index in [-0.39, 0.29) is 0 Å². The molecule has 0 bridgehead atoms. The summed E-state index contributed by atoms with van der Waals surface area (Å²) in [6.45, 7) is 4.49. The van der Waals surface area contributed by atoms with Gasteiger partial charge in [-0.05, 0) is 19.1 Å². The number of para-hydroxylation sites is 1. The fourth-order valence-corrected chi connectivity index (χ4v) is 3.14. The molecule has 0 aliphatic carbocycles. The molecule has 2 heterocycles. The Morgan fingerprint density at radius 1 is 1.13 bits per heavy atom. The van der Waals surface area contributed by atoms with Gasteiger partial charge in [0.2, 0.25) is 0 Å². The number of anilines is 1. The number of rotatable bonds is 2. The minimum absolute atomic E-state index is 0.455. The molecule has 3 rings (SSSR count). The van der Waals surface area contributed by atoms with E-state index < -0.39 is 17.6 Å². The van der Waals surface area contributed by atoms with Gasteiger partial charge < -0.3 is 19.3 Å². The molecule has 6 heteroatoms. The van der Waals surface area contributed by atoms with E-state index in [0.717, 1.165) is 5.69 Å². The standard InChI is InChI=1S/C17H22N2O4/c1-2-19(14-6-4-3-5-7-14)16(21)15(20)18-10-8-17(9-11-18)22-12-13-23-17/h3-7H,2,8-13H2,1H3. The molecule has 23 heavy (non-hydrogen) atoms. The average Bonchev–Trinajstić information content (AvgIpc) is 3.04. The van der Waals surface area contributed by atoms with Gasteiger partial charge in [-0.1, -0.05) is 18.2 Å². The fraction of sp³-hybridized carbons (Fsp3) is 0.529. The van der Waals surface area contributed by atoms with Crippen molar-refractivity contribution in [3.63, 3.8) is 0 Å². The lowest BCUT2D eigenvalue weighted by Gasteiger charge is -2.37. The number of likely N-dealkylation sites (N-methyl/N-ethyl adjacent to an activating group) is 1. The van der Waals surface area contributed by atoms with Crippen LogP contribution >= 0.6 is 0 Å². The fourth-order valence-electron chi connectivity index (χ4n) is 3.14. The molecular weight excluding hydrogens is 296 g/mol. The number of ether oxygens (including phenoxy) is 2. The Labute approximate surface area is 136 Å². The summed E-state index contributed by atoms with van der Waals surface area (Å²) >= 11 is 0. The zero-order chi connectivity index (χ0) is 16.3. The molecule has 0 aromatic heterocycles. The van der Waals surface area contributed by atoms with Gasteiger partial charge in [-0.15, -0.1) is 0 Å². The molecular formula is C17H22N2O4. The summed E-state index contributed by atoms with van der Waals surface area (Å²) in [5.41, 5.74) is 0.740. The first-order valence-corrected chi connectivity index (χ1v) is 8.09. The summed E-state index contributed by atoms with van der Waals surface area (Å²) in [6, 6.07) is 9.26. The summed E-state index contributed by atoms with van der Waals surface area (Å²) in [5.74, 6) is -1.48. The largest absolute Gasteiger partial charge is 0.347 e. The third-order valence-corrected chi connectivity index (χ3v) is 4.44.